The van der Waals surface area contributed by atoms with Crippen LogP contribution in [0.15, 0.2) is 42.5 Å². The monoisotopic (exact) mass is 339 g/mol. The third-order valence-corrected chi connectivity index (χ3v) is 4.34. The van der Waals surface area contributed by atoms with Crippen molar-refractivity contribution < 1.29 is 19.1 Å². The van der Waals surface area contributed by atoms with Gasteiger partial charge < -0.3 is 14.8 Å². The van der Waals surface area contributed by atoms with E-state index in [0.717, 1.165) is 5.56 Å². The Morgan fingerprint density at radius 1 is 0.920 bits per heavy atom. The quantitative estimate of drug-likeness (QED) is 0.682. The molecule has 0 unspecified atom stereocenters. The molecule has 1 aliphatic heterocycles. The van der Waals surface area contributed by atoms with Crippen molar-refractivity contribution >= 4 is 23.3 Å². The molecule has 1 aliphatic rings. The number of carbonyl (C=O) groups excluding carboxylic acids is 2. The highest BCUT2D eigenvalue weighted by atomic mass is 16.6. The summed E-state index contributed by atoms with van der Waals surface area (Å²) in [6.07, 6.45) is 0. The molecule has 2 aromatic carbocycles. The number of nitrogens with one attached hydrogen (secondary N) is 1. The minimum Gasteiger partial charge on any atom is -0.465 e. The third kappa shape index (κ3) is 2.56. The minimum absolute atomic E-state index is 0.177. The zero-order chi connectivity index (χ0) is 18.0. The smallest absolute Gasteiger partial charge is 0.332 e. The van der Waals surface area contributed by atoms with Gasteiger partial charge in [0.2, 0.25) is 5.41 Å². The first-order chi connectivity index (χ1) is 12.1. The molecule has 0 spiro atoms. The second kappa shape index (κ2) is 6.59. The Morgan fingerprint density at radius 2 is 1.52 bits per heavy atom. The predicted molar refractivity (Wildman–Crippen MR) is 94.9 cm³/mol. The molecule has 130 valence electrons. The summed E-state index contributed by atoms with van der Waals surface area (Å²) >= 11 is 0. The molecule has 0 aliphatic carbocycles. The van der Waals surface area contributed by atoms with E-state index in [1.807, 2.05) is 31.2 Å². The molecule has 0 saturated carbocycles. The molecular weight excluding hydrogens is 318 g/mol. The second-order valence-electron chi connectivity index (χ2n) is 5.91. The van der Waals surface area contributed by atoms with Crippen LogP contribution < -0.4 is 5.32 Å². The highest BCUT2D eigenvalue weighted by Gasteiger charge is 2.56. The van der Waals surface area contributed by atoms with Crippen LogP contribution in [0, 0.1) is 6.92 Å². The van der Waals surface area contributed by atoms with Crippen LogP contribution in [0.3, 0.4) is 0 Å². The molecule has 0 bridgehead atoms. The van der Waals surface area contributed by atoms with Gasteiger partial charge in [-0.2, -0.15) is 0 Å². The van der Waals surface area contributed by atoms with E-state index in [-0.39, 0.29) is 13.2 Å². The Labute approximate surface area is 147 Å². The van der Waals surface area contributed by atoms with Crippen molar-refractivity contribution in [2.75, 3.05) is 18.5 Å². The van der Waals surface area contributed by atoms with Crippen LogP contribution in [0.5, 0.6) is 0 Å². The fraction of sp³-hybridized carbons (Fsp3) is 0.300. The zero-order valence-corrected chi connectivity index (χ0v) is 14.6. The van der Waals surface area contributed by atoms with E-state index in [4.69, 9.17) is 9.47 Å². The number of esters is 2. The fourth-order valence-electron chi connectivity index (χ4n) is 3.30. The van der Waals surface area contributed by atoms with Crippen molar-refractivity contribution in [1.82, 2.24) is 0 Å². The average molecular weight is 339 g/mol. The van der Waals surface area contributed by atoms with Crippen molar-refractivity contribution in [1.29, 1.82) is 0 Å². The van der Waals surface area contributed by atoms with E-state index < -0.39 is 17.4 Å². The molecule has 0 saturated heterocycles. The van der Waals surface area contributed by atoms with Gasteiger partial charge in [-0.05, 0) is 38.5 Å². The van der Waals surface area contributed by atoms with Gasteiger partial charge in [-0.3, -0.25) is 9.59 Å². The second-order valence-corrected chi connectivity index (χ2v) is 5.91. The lowest BCUT2D eigenvalue weighted by atomic mass is 9.70. The van der Waals surface area contributed by atoms with Crippen molar-refractivity contribution in [3.8, 4) is 0 Å². The molecule has 1 heterocycles. The molecule has 1 N–H and O–H groups in total. The van der Waals surface area contributed by atoms with Gasteiger partial charge in [-0.15, -0.1) is 0 Å². The summed E-state index contributed by atoms with van der Waals surface area (Å²) in [5.74, 6) is -1.24. The van der Waals surface area contributed by atoms with Gasteiger partial charge in [0.25, 0.3) is 0 Å². The van der Waals surface area contributed by atoms with Gasteiger partial charge in [0.1, 0.15) is 0 Å². The van der Waals surface area contributed by atoms with E-state index >= 15 is 0 Å². The van der Waals surface area contributed by atoms with E-state index in [1.54, 1.807) is 32.0 Å². The predicted octanol–water partition coefficient (Wildman–Crippen LogP) is 3.46. The molecule has 0 atom stereocenters. The number of aryl methyl sites for hydroxylation is 1. The molecular formula is C20H21NO4. The number of ether oxygens (including phenoxy) is 2. The van der Waals surface area contributed by atoms with Crippen LogP contribution in [0.4, 0.5) is 11.4 Å². The number of para-hydroxylation sites is 1. The van der Waals surface area contributed by atoms with Crippen LogP contribution in [-0.4, -0.2) is 25.2 Å². The van der Waals surface area contributed by atoms with Crippen LogP contribution >= 0.6 is 0 Å². The Morgan fingerprint density at radius 3 is 2.16 bits per heavy atom. The Balaban J connectivity index is 2.35. The van der Waals surface area contributed by atoms with Crippen LogP contribution in [-0.2, 0) is 24.5 Å². The molecule has 25 heavy (non-hydrogen) atoms. The van der Waals surface area contributed by atoms with Crippen molar-refractivity contribution in [3.05, 3.63) is 59.2 Å². The topological polar surface area (TPSA) is 64.6 Å². The van der Waals surface area contributed by atoms with Gasteiger partial charge in [0, 0.05) is 22.5 Å². The normalized spacial score (nSPS) is 13.9. The number of benzene rings is 2. The number of anilines is 2. The minimum atomic E-state index is -1.63. The Bertz CT molecular complexity index is 810. The summed E-state index contributed by atoms with van der Waals surface area (Å²) in [6, 6.07) is 12.8. The average Bonchev–Trinajstić information content (AvgIpc) is 2.59. The maximum Gasteiger partial charge on any atom is 0.332 e. The van der Waals surface area contributed by atoms with E-state index in [1.165, 1.54) is 0 Å². The molecule has 0 aromatic heterocycles. The first kappa shape index (κ1) is 17.0. The van der Waals surface area contributed by atoms with Crippen molar-refractivity contribution in [2.45, 2.75) is 26.2 Å². The first-order valence-electron chi connectivity index (χ1n) is 8.37. The lowest BCUT2D eigenvalue weighted by Gasteiger charge is -2.37. The van der Waals surface area contributed by atoms with Gasteiger partial charge in [-0.1, -0.05) is 30.3 Å². The Kier molecular flexibility index (Phi) is 4.49. The maximum atomic E-state index is 13.1. The van der Waals surface area contributed by atoms with Crippen molar-refractivity contribution in [3.63, 3.8) is 0 Å². The highest BCUT2D eigenvalue weighted by molar-refractivity contribution is 6.14. The lowest BCUT2D eigenvalue weighted by Crippen LogP contribution is -2.49. The maximum absolute atomic E-state index is 13.1. The standard InChI is InChI=1S/C20H21NO4/c1-4-24-18(22)20(19(23)25-5-2)14-8-6-7-9-16(14)21-17-12-13(3)10-11-15(17)20/h6-12,21H,4-5H2,1-3H3. The summed E-state index contributed by atoms with van der Waals surface area (Å²) in [4.78, 5) is 26.2. The number of rotatable bonds is 4. The summed E-state index contributed by atoms with van der Waals surface area (Å²) in [6.45, 7) is 5.76. The van der Waals surface area contributed by atoms with Gasteiger partial charge >= 0.3 is 11.9 Å². The molecule has 0 amide bonds. The highest BCUT2D eigenvalue weighted by Crippen LogP contribution is 2.47. The largest absolute Gasteiger partial charge is 0.465 e. The van der Waals surface area contributed by atoms with Gasteiger partial charge in [-0.25, -0.2) is 0 Å². The fourth-order valence-corrected chi connectivity index (χ4v) is 3.30. The SMILES string of the molecule is CCOC(=O)C1(C(=O)OCC)c2ccccc2Nc2cc(C)ccc21. The van der Waals surface area contributed by atoms with E-state index in [0.29, 0.717) is 22.5 Å². The summed E-state index contributed by atoms with van der Waals surface area (Å²) < 4.78 is 10.7. The third-order valence-electron chi connectivity index (χ3n) is 4.34. The van der Waals surface area contributed by atoms with E-state index in [2.05, 4.69) is 5.32 Å². The molecule has 3 rings (SSSR count). The van der Waals surface area contributed by atoms with Crippen LogP contribution in [0.1, 0.15) is 30.5 Å². The summed E-state index contributed by atoms with van der Waals surface area (Å²) in [7, 11) is 0. The van der Waals surface area contributed by atoms with Gasteiger partial charge in [0.05, 0.1) is 13.2 Å². The summed E-state index contributed by atoms with van der Waals surface area (Å²) in [5, 5.41) is 3.31. The van der Waals surface area contributed by atoms with Gasteiger partial charge in [0.15, 0.2) is 0 Å². The number of hydrogen-bond donors (Lipinski definition) is 1. The molecule has 5 nitrogen and oxygen atoms in total. The lowest BCUT2D eigenvalue weighted by molar-refractivity contribution is -0.162. The summed E-state index contributed by atoms with van der Waals surface area (Å²) in [5.41, 5.74) is 1.89. The van der Waals surface area contributed by atoms with Crippen LogP contribution in [0.25, 0.3) is 0 Å². The molecule has 2 aromatic rings. The van der Waals surface area contributed by atoms with Crippen molar-refractivity contribution in [2.24, 2.45) is 0 Å². The van der Waals surface area contributed by atoms with Crippen LogP contribution in [0.2, 0.25) is 0 Å². The first-order valence-corrected chi connectivity index (χ1v) is 8.37. The van der Waals surface area contributed by atoms with E-state index in [9.17, 15) is 9.59 Å². The number of fused-ring (bicyclic) bond motifs is 2. The Hall–Kier alpha value is -2.82. The number of hydrogen-bond acceptors (Lipinski definition) is 5. The molecule has 0 fully saturated rings. The molecule has 5 heteroatoms. The zero-order valence-electron chi connectivity index (χ0n) is 14.6. The molecule has 0 radical (unpaired) electrons. The number of carbonyl (C=O) groups is 2.